The van der Waals surface area contributed by atoms with Crippen LogP contribution in [-0.4, -0.2) is 42.8 Å². The molecule has 0 aliphatic carbocycles. The van der Waals surface area contributed by atoms with Gasteiger partial charge in [-0.05, 0) is 46.2 Å². The largest absolute Gasteiger partial charge is 0.444 e. The molecule has 1 spiro atoms. The van der Waals surface area contributed by atoms with Crippen molar-refractivity contribution in [1.29, 1.82) is 0 Å². The second-order valence-electron chi connectivity index (χ2n) is 6.55. The van der Waals surface area contributed by atoms with E-state index < -0.39 is 0 Å². The molecule has 4 nitrogen and oxygen atoms in total. The van der Waals surface area contributed by atoms with E-state index in [0.29, 0.717) is 11.3 Å². The van der Waals surface area contributed by atoms with Crippen LogP contribution in [-0.2, 0) is 4.74 Å². The average Bonchev–Trinajstić information content (AvgIpc) is 2.12. The standard InChI is InChI=1S/C13H24N2O2/c1-10-7-14-6-5-13(10)8-15(9-13)11(16)17-12(2,3)4/h10,14H,5-9H2,1-4H3/t10-/m0/s1. The van der Waals surface area contributed by atoms with Gasteiger partial charge >= 0.3 is 6.09 Å². The first-order chi connectivity index (χ1) is 7.82. The van der Waals surface area contributed by atoms with Crippen molar-refractivity contribution in [2.24, 2.45) is 11.3 Å². The third kappa shape index (κ3) is 2.57. The molecule has 0 saturated carbocycles. The first kappa shape index (κ1) is 12.7. The maximum absolute atomic E-state index is 11.9. The molecule has 2 aliphatic rings. The number of nitrogens with one attached hydrogen (secondary N) is 1. The lowest BCUT2D eigenvalue weighted by Crippen LogP contribution is -2.65. The van der Waals surface area contributed by atoms with Crippen LogP contribution in [0.5, 0.6) is 0 Å². The highest BCUT2D eigenvalue weighted by atomic mass is 16.6. The molecule has 98 valence electrons. The molecule has 1 amide bonds. The zero-order valence-electron chi connectivity index (χ0n) is 11.4. The van der Waals surface area contributed by atoms with E-state index in [1.165, 1.54) is 6.42 Å². The topological polar surface area (TPSA) is 41.6 Å². The van der Waals surface area contributed by atoms with Crippen LogP contribution in [0.25, 0.3) is 0 Å². The van der Waals surface area contributed by atoms with Gasteiger partial charge < -0.3 is 15.0 Å². The highest BCUT2D eigenvalue weighted by molar-refractivity contribution is 5.69. The molecule has 1 atom stereocenters. The fraction of sp³-hybridized carbons (Fsp3) is 0.923. The summed E-state index contributed by atoms with van der Waals surface area (Å²) in [5.41, 5.74) is -0.0400. The van der Waals surface area contributed by atoms with Crippen molar-refractivity contribution in [1.82, 2.24) is 10.2 Å². The smallest absolute Gasteiger partial charge is 0.410 e. The quantitative estimate of drug-likeness (QED) is 0.702. The Bertz CT molecular complexity index is 303. The molecule has 0 aromatic heterocycles. The molecule has 0 unspecified atom stereocenters. The molecule has 0 aromatic rings. The van der Waals surface area contributed by atoms with Crippen LogP contribution in [0, 0.1) is 11.3 Å². The summed E-state index contributed by atoms with van der Waals surface area (Å²) in [7, 11) is 0. The number of hydrogen-bond donors (Lipinski definition) is 1. The maximum atomic E-state index is 11.9. The Morgan fingerprint density at radius 3 is 2.59 bits per heavy atom. The third-order valence-electron chi connectivity index (χ3n) is 3.96. The van der Waals surface area contributed by atoms with Gasteiger partial charge in [0.05, 0.1) is 0 Å². The highest BCUT2D eigenvalue weighted by Gasteiger charge is 2.50. The highest BCUT2D eigenvalue weighted by Crippen LogP contribution is 2.42. The number of nitrogens with zero attached hydrogens (tertiary/aromatic N) is 1. The first-order valence-electron chi connectivity index (χ1n) is 6.51. The minimum atomic E-state index is -0.389. The number of likely N-dealkylation sites (tertiary alicyclic amines) is 1. The molecule has 0 radical (unpaired) electrons. The molecule has 2 aliphatic heterocycles. The van der Waals surface area contributed by atoms with E-state index in [4.69, 9.17) is 4.74 Å². The zero-order chi connectivity index (χ0) is 12.7. The number of carbonyl (C=O) groups excluding carboxylic acids is 1. The predicted octanol–water partition coefficient (Wildman–Crippen LogP) is 1.85. The van der Waals surface area contributed by atoms with Gasteiger partial charge in [0.15, 0.2) is 0 Å². The number of ether oxygens (including phenoxy) is 1. The van der Waals surface area contributed by atoms with E-state index in [9.17, 15) is 4.79 Å². The molecule has 0 bridgehead atoms. The minimum absolute atomic E-state index is 0.158. The second kappa shape index (κ2) is 4.16. The normalized spacial score (nSPS) is 27.8. The summed E-state index contributed by atoms with van der Waals surface area (Å²) in [6.45, 7) is 11.9. The summed E-state index contributed by atoms with van der Waals surface area (Å²) in [5.74, 6) is 0.648. The molecule has 2 saturated heterocycles. The molecule has 2 rings (SSSR count). The Balaban J connectivity index is 1.87. The Hall–Kier alpha value is -0.770. The monoisotopic (exact) mass is 240 g/mol. The maximum Gasteiger partial charge on any atom is 0.410 e. The van der Waals surface area contributed by atoms with Gasteiger partial charge in [-0.3, -0.25) is 0 Å². The molecule has 17 heavy (non-hydrogen) atoms. The fourth-order valence-electron chi connectivity index (χ4n) is 2.76. The molecular weight excluding hydrogens is 216 g/mol. The van der Waals surface area contributed by atoms with E-state index >= 15 is 0 Å². The van der Waals surface area contributed by atoms with Crippen molar-refractivity contribution < 1.29 is 9.53 Å². The first-order valence-corrected chi connectivity index (χ1v) is 6.51. The summed E-state index contributed by atoms with van der Waals surface area (Å²) in [6, 6.07) is 0. The molecular formula is C13H24N2O2. The van der Waals surface area contributed by atoms with Crippen LogP contribution in [0.2, 0.25) is 0 Å². The van der Waals surface area contributed by atoms with Crippen LogP contribution in [0.1, 0.15) is 34.1 Å². The van der Waals surface area contributed by atoms with Gasteiger partial charge in [0.25, 0.3) is 0 Å². The van der Waals surface area contributed by atoms with E-state index in [0.717, 1.165) is 26.2 Å². The number of piperidine rings is 1. The van der Waals surface area contributed by atoms with Crippen molar-refractivity contribution in [3.8, 4) is 0 Å². The summed E-state index contributed by atoms with van der Waals surface area (Å²) in [5, 5.41) is 3.41. The number of hydrogen-bond acceptors (Lipinski definition) is 3. The molecule has 2 heterocycles. The lowest BCUT2D eigenvalue weighted by molar-refractivity contribution is -0.0685. The summed E-state index contributed by atoms with van der Waals surface area (Å²) >= 11 is 0. The van der Waals surface area contributed by atoms with Gasteiger partial charge in [0, 0.05) is 18.5 Å². The lowest BCUT2D eigenvalue weighted by Gasteiger charge is -2.55. The number of carbonyl (C=O) groups is 1. The summed E-state index contributed by atoms with van der Waals surface area (Å²) in [4.78, 5) is 13.7. The van der Waals surface area contributed by atoms with Gasteiger partial charge in [0.2, 0.25) is 0 Å². The van der Waals surface area contributed by atoms with Crippen molar-refractivity contribution in [2.75, 3.05) is 26.2 Å². The van der Waals surface area contributed by atoms with Crippen LogP contribution >= 0.6 is 0 Å². The molecule has 1 N–H and O–H groups in total. The van der Waals surface area contributed by atoms with Gasteiger partial charge in [-0.25, -0.2) is 4.79 Å². The fourth-order valence-corrected chi connectivity index (χ4v) is 2.76. The van der Waals surface area contributed by atoms with Crippen molar-refractivity contribution in [2.45, 2.75) is 39.7 Å². The minimum Gasteiger partial charge on any atom is -0.444 e. The molecule has 2 fully saturated rings. The van der Waals surface area contributed by atoms with Gasteiger partial charge in [0.1, 0.15) is 5.60 Å². The Labute approximate surface area is 104 Å². The van der Waals surface area contributed by atoms with Crippen molar-refractivity contribution >= 4 is 6.09 Å². The van der Waals surface area contributed by atoms with E-state index in [-0.39, 0.29) is 11.7 Å². The third-order valence-corrected chi connectivity index (χ3v) is 3.96. The van der Waals surface area contributed by atoms with Crippen LogP contribution in [0.15, 0.2) is 0 Å². The SMILES string of the molecule is C[C@H]1CNCCC12CN(C(=O)OC(C)(C)C)C2. The Kier molecular flexibility index (Phi) is 3.10. The summed E-state index contributed by atoms with van der Waals surface area (Å²) < 4.78 is 5.38. The van der Waals surface area contributed by atoms with E-state index in [1.54, 1.807) is 0 Å². The van der Waals surface area contributed by atoms with Crippen LogP contribution in [0.4, 0.5) is 4.79 Å². The predicted molar refractivity (Wildman–Crippen MR) is 66.9 cm³/mol. The van der Waals surface area contributed by atoms with E-state index in [1.807, 2.05) is 25.7 Å². The van der Waals surface area contributed by atoms with Gasteiger partial charge in [-0.2, -0.15) is 0 Å². The van der Waals surface area contributed by atoms with E-state index in [2.05, 4.69) is 12.2 Å². The zero-order valence-corrected chi connectivity index (χ0v) is 11.4. The van der Waals surface area contributed by atoms with Gasteiger partial charge in [-0.15, -0.1) is 0 Å². The molecule has 4 heteroatoms. The van der Waals surface area contributed by atoms with Gasteiger partial charge in [-0.1, -0.05) is 6.92 Å². The molecule has 0 aromatic carbocycles. The Morgan fingerprint density at radius 2 is 2.06 bits per heavy atom. The number of amides is 1. The van der Waals surface area contributed by atoms with Crippen molar-refractivity contribution in [3.05, 3.63) is 0 Å². The summed E-state index contributed by atoms with van der Waals surface area (Å²) in [6.07, 6.45) is 1.02. The second-order valence-corrected chi connectivity index (χ2v) is 6.55. The van der Waals surface area contributed by atoms with Crippen molar-refractivity contribution in [3.63, 3.8) is 0 Å². The lowest BCUT2D eigenvalue weighted by atomic mass is 9.66. The van der Waals surface area contributed by atoms with Crippen LogP contribution < -0.4 is 5.32 Å². The average molecular weight is 240 g/mol. The number of rotatable bonds is 0. The Morgan fingerprint density at radius 1 is 1.41 bits per heavy atom. The van der Waals surface area contributed by atoms with Crippen LogP contribution in [0.3, 0.4) is 0 Å².